The average molecular weight is 273 g/mol. The lowest BCUT2D eigenvalue weighted by Crippen LogP contribution is -2.40. The molecule has 0 aliphatic carbocycles. The monoisotopic (exact) mass is 273 g/mol. The van der Waals surface area contributed by atoms with Crippen molar-refractivity contribution >= 4 is 16.0 Å². The molecule has 0 radical (unpaired) electrons. The normalized spacial score (nSPS) is 18.9. The fourth-order valence-electron chi connectivity index (χ4n) is 2.02. The fraction of sp³-hybridized carbons (Fsp3) is 0.545. The summed E-state index contributed by atoms with van der Waals surface area (Å²) >= 11 is 0. The number of nitrogens with zero attached hydrogens (tertiary/aromatic N) is 1. The van der Waals surface area contributed by atoms with E-state index in [-0.39, 0.29) is 18.2 Å². The molecule has 0 spiro atoms. The summed E-state index contributed by atoms with van der Waals surface area (Å²) in [6, 6.07) is 3.02. The zero-order valence-corrected chi connectivity index (χ0v) is 10.8. The molecule has 1 aliphatic rings. The molecule has 0 aromatic carbocycles. The third kappa shape index (κ3) is 2.41. The van der Waals surface area contributed by atoms with E-state index in [0.717, 1.165) is 0 Å². The first-order valence-electron chi connectivity index (χ1n) is 5.70. The quantitative estimate of drug-likeness (QED) is 0.890. The van der Waals surface area contributed by atoms with E-state index < -0.39 is 21.9 Å². The summed E-state index contributed by atoms with van der Waals surface area (Å²) in [5.74, 6) is -0.773. The molecule has 100 valence electrons. The topological polar surface area (TPSA) is 87.8 Å². The highest BCUT2D eigenvalue weighted by molar-refractivity contribution is 7.89. The zero-order valence-electron chi connectivity index (χ0n) is 10.00. The predicted molar refractivity (Wildman–Crippen MR) is 62.6 cm³/mol. The Labute approximate surface area is 105 Å². The predicted octanol–water partition coefficient (Wildman–Crippen LogP) is 1.07. The summed E-state index contributed by atoms with van der Waals surface area (Å²) in [5.41, 5.74) is 0. The van der Waals surface area contributed by atoms with E-state index in [9.17, 15) is 13.2 Å². The van der Waals surface area contributed by atoms with Gasteiger partial charge in [0, 0.05) is 13.1 Å². The van der Waals surface area contributed by atoms with Crippen LogP contribution >= 0.6 is 0 Å². The molecule has 7 heteroatoms. The Hall–Kier alpha value is -1.34. The molecule has 0 bridgehead atoms. The van der Waals surface area contributed by atoms with Crippen LogP contribution in [0.5, 0.6) is 0 Å². The van der Waals surface area contributed by atoms with Crippen LogP contribution in [0.3, 0.4) is 0 Å². The standard InChI is InChI=1S/C11H15NO5S/c1-8-2-3-10(17-8)18(15,16)12-6-4-9(5-7-12)11(13)14/h2-3,9H,4-7H2,1H3,(H,13,14). The number of rotatable bonds is 3. The van der Waals surface area contributed by atoms with E-state index in [4.69, 9.17) is 9.52 Å². The van der Waals surface area contributed by atoms with Crippen LogP contribution in [-0.2, 0) is 14.8 Å². The number of sulfonamides is 1. The summed E-state index contributed by atoms with van der Waals surface area (Å²) in [6.45, 7) is 2.12. The van der Waals surface area contributed by atoms with Crippen molar-refractivity contribution in [3.63, 3.8) is 0 Å². The molecule has 1 aromatic heterocycles. The molecule has 0 unspecified atom stereocenters. The average Bonchev–Trinajstić information content (AvgIpc) is 2.76. The van der Waals surface area contributed by atoms with Crippen molar-refractivity contribution in [2.75, 3.05) is 13.1 Å². The molecular formula is C11H15NO5S. The Morgan fingerprint density at radius 1 is 1.39 bits per heavy atom. The highest BCUT2D eigenvalue weighted by Gasteiger charge is 2.33. The van der Waals surface area contributed by atoms with Gasteiger partial charge in [-0.2, -0.15) is 4.31 Å². The second-order valence-corrected chi connectivity index (χ2v) is 6.25. The number of hydrogen-bond acceptors (Lipinski definition) is 4. The lowest BCUT2D eigenvalue weighted by Gasteiger charge is -2.28. The van der Waals surface area contributed by atoms with Crippen LogP contribution in [0.2, 0.25) is 0 Å². The van der Waals surface area contributed by atoms with Crippen molar-refractivity contribution in [1.29, 1.82) is 0 Å². The van der Waals surface area contributed by atoms with E-state index in [1.54, 1.807) is 13.0 Å². The van der Waals surface area contributed by atoms with Gasteiger partial charge in [0.15, 0.2) is 0 Å². The fourth-order valence-corrected chi connectivity index (χ4v) is 3.44. The lowest BCUT2D eigenvalue weighted by atomic mass is 9.99. The first kappa shape index (κ1) is 13.1. The van der Waals surface area contributed by atoms with Gasteiger partial charge >= 0.3 is 5.97 Å². The molecule has 2 heterocycles. The van der Waals surface area contributed by atoms with Crippen molar-refractivity contribution < 1.29 is 22.7 Å². The van der Waals surface area contributed by atoms with Gasteiger partial charge in [-0.1, -0.05) is 0 Å². The molecule has 18 heavy (non-hydrogen) atoms. The number of carboxylic acid groups (broad SMARTS) is 1. The van der Waals surface area contributed by atoms with Gasteiger partial charge in [0.1, 0.15) is 5.76 Å². The largest absolute Gasteiger partial charge is 0.481 e. The SMILES string of the molecule is Cc1ccc(S(=O)(=O)N2CCC(C(=O)O)CC2)o1. The first-order valence-corrected chi connectivity index (χ1v) is 7.14. The Morgan fingerprint density at radius 2 is 2.00 bits per heavy atom. The molecule has 1 aromatic rings. The highest BCUT2D eigenvalue weighted by atomic mass is 32.2. The Balaban J connectivity index is 2.12. The highest BCUT2D eigenvalue weighted by Crippen LogP contribution is 2.24. The summed E-state index contributed by atoms with van der Waals surface area (Å²) in [5, 5.41) is 8.79. The van der Waals surface area contributed by atoms with Crippen molar-refractivity contribution in [1.82, 2.24) is 4.31 Å². The van der Waals surface area contributed by atoms with Gasteiger partial charge in [0.25, 0.3) is 10.0 Å². The lowest BCUT2D eigenvalue weighted by molar-refractivity contribution is -0.142. The van der Waals surface area contributed by atoms with Crippen molar-refractivity contribution in [3.05, 3.63) is 17.9 Å². The second-order valence-electron chi connectivity index (χ2n) is 4.38. The molecule has 0 amide bonds. The number of carbonyl (C=O) groups is 1. The van der Waals surface area contributed by atoms with Crippen molar-refractivity contribution in [2.45, 2.75) is 24.9 Å². The summed E-state index contributed by atoms with van der Waals surface area (Å²) in [4.78, 5) is 10.8. The maximum absolute atomic E-state index is 12.2. The second kappa shape index (κ2) is 4.74. The smallest absolute Gasteiger partial charge is 0.306 e. The van der Waals surface area contributed by atoms with Gasteiger partial charge in [0.05, 0.1) is 5.92 Å². The van der Waals surface area contributed by atoms with E-state index in [2.05, 4.69) is 0 Å². The molecule has 1 N–H and O–H groups in total. The first-order chi connectivity index (χ1) is 8.41. The zero-order chi connectivity index (χ0) is 13.3. The van der Waals surface area contributed by atoms with E-state index >= 15 is 0 Å². The minimum atomic E-state index is -3.62. The molecule has 2 rings (SSSR count). The van der Waals surface area contributed by atoms with E-state index in [1.807, 2.05) is 0 Å². The number of aliphatic carboxylic acids is 1. The maximum Gasteiger partial charge on any atom is 0.306 e. The number of furan rings is 1. The minimum Gasteiger partial charge on any atom is -0.481 e. The van der Waals surface area contributed by atoms with Crippen LogP contribution in [0.15, 0.2) is 21.6 Å². The Bertz CT molecular complexity index is 540. The Kier molecular flexibility index (Phi) is 3.45. The summed E-state index contributed by atoms with van der Waals surface area (Å²) in [7, 11) is -3.62. The van der Waals surface area contributed by atoms with Crippen LogP contribution in [-0.4, -0.2) is 36.9 Å². The molecule has 0 atom stereocenters. The van der Waals surface area contributed by atoms with Gasteiger partial charge in [-0.3, -0.25) is 4.79 Å². The van der Waals surface area contributed by atoms with E-state index in [0.29, 0.717) is 18.6 Å². The van der Waals surface area contributed by atoms with Crippen LogP contribution in [0, 0.1) is 12.8 Å². The van der Waals surface area contributed by atoms with Gasteiger partial charge in [-0.15, -0.1) is 0 Å². The number of hydrogen-bond donors (Lipinski definition) is 1. The molecule has 6 nitrogen and oxygen atoms in total. The number of aryl methyl sites for hydroxylation is 1. The van der Waals surface area contributed by atoms with Gasteiger partial charge in [0.2, 0.25) is 5.09 Å². The van der Waals surface area contributed by atoms with Crippen LogP contribution in [0.4, 0.5) is 0 Å². The molecule has 1 saturated heterocycles. The number of carboxylic acids is 1. The minimum absolute atomic E-state index is 0.0752. The third-order valence-corrected chi connectivity index (χ3v) is 4.89. The molecular weight excluding hydrogens is 258 g/mol. The van der Waals surface area contributed by atoms with Crippen molar-refractivity contribution in [3.8, 4) is 0 Å². The van der Waals surface area contributed by atoms with Crippen LogP contribution in [0.25, 0.3) is 0 Å². The van der Waals surface area contributed by atoms with Crippen molar-refractivity contribution in [2.24, 2.45) is 5.92 Å². The Morgan fingerprint density at radius 3 is 2.44 bits per heavy atom. The third-order valence-electron chi connectivity index (χ3n) is 3.11. The molecule has 1 fully saturated rings. The summed E-state index contributed by atoms with van der Waals surface area (Å²) < 4.78 is 30.7. The van der Waals surface area contributed by atoms with Gasteiger partial charge in [-0.05, 0) is 31.9 Å². The number of piperidine rings is 1. The van der Waals surface area contributed by atoms with Gasteiger partial charge < -0.3 is 9.52 Å². The van der Waals surface area contributed by atoms with Crippen LogP contribution < -0.4 is 0 Å². The van der Waals surface area contributed by atoms with E-state index in [1.165, 1.54) is 10.4 Å². The molecule has 1 aliphatic heterocycles. The van der Waals surface area contributed by atoms with Gasteiger partial charge in [-0.25, -0.2) is 8.42 Å². The maximum atomic E-state index is 12.2. The van der Waals surface area contributed by atoms with Crippen LogP contribution in [0.1, 0.15) is 18.6 Å². The molecule has 0 saturated carbocycles. The summed E-state index contributed by atoms with van der Waals surface area (Å²) in [6.07, 6.45) is 0.683.